The van der Waals surface area contributed by atoms with E-state index in [1.807, 2.05) is 0 Å². The summed E-state index contributed by atoms with van der Waals surface area (Å²) in [6, 6.07) is 4.91. The van der Waals surface area contributed by atoms with Gasteiger partial charge in [-0.15, -0.1) is 0 Å². The lowest BCUT2D eigenvalue weighted by molar-refractivity contribution is -0.127. The number of fused-ring (bicyclic) bond motifs is 1. The SMILES string of the molecule is CCC1CCC(C(=O)NC23CC(C2)C(NC(=O)COc2ccc(Cl)c(Cl)c2)C3)NC1. The minimum atomic E-state index is -0.167. The highest BCUT2D eigenvalue weighted by Crippen LogP contribution is 2.52. The first-order valence-electron chi connectivity index (χ1n) is 10.8. The fourth-order valence-corrected chi connectivity index (χ4v) is 5.39. The van der Waals surface area contributed by atoms with Crippen LogP contribution in [0, 0.1) is 11.8 Å². The monoisotopic (exact) mass is 453 g/mol. The average molecular weight is 454 g/mol. The number of halogens is 2. The second kappa shape index (κ2) is 8.93. The highest BCUT2D eigenvalue weighted by atomic mass is 35.5. The predicted molar refractivity (Wildman–Crippen MR) is 117 cm³/mol. The van der Waals surface area contributed by atoms with Crippen molar-refractivity contribution >= 4 is 35.0 Å². The van der Waals surface area contributed by atoms with Gasteiger partial charge in [0.2, 0.25) is 5.91 Å². The van der Waals surface area contributed by atoms with Crippen LogP contribution in [-0.4, -0.2) is 42.6 Å². The van der Waals surface area contributed by atoms with Gasteiger partial charge in [0.05, 0.1) is 16.1 Å². The maximum absolute atomic E-state index is 12.7. The molecule has 3 atom stereocenters. The lowest BCUT2D eigenvalue weighted by atomic mass is 9.76. The molecule has 8 heteroatoms. The van der Waals surface area contributed by atoms with E-state index < -0.39 is 0 Å². The first kappa shape index (κ1) is 21.7. The van der Waals surface area contributed by atoms with E-state index in [2.05, 4.69) is 22.9 Å². The summed E-state index contributed by atoms with van der Waals surface area (Å²) in [7, 11) is 0. The summed E-state index contributed by atoms with van der Waals surface area (Å²) in [6.45, 7) is 3.04. The Bertz CT molecular complexity index is 805. The van der Waals surface area contributed by atoms with E-state index >= 15 is 0 Å². The van der Waals surface area contributed by atoms with Crippen LogP contribution in [0.1, 0.15) is 45.4 Å². The van der Waals surface area contributed by atoms with Crippen LogP contribution in [0.5, 0.6) is 5.75 Å². The topological polar surface area (TPSA) is 79.5 Å². The zero-order valence-electron chi connectivity index (χ0n) is 17.2. The lowest BCUT2D eigenvalue weighted by Crippen LogP contribution is -2.58. The molecule has 6 nitrogen and oxygen atoms in total. The van der Waals surface area contributed by atoms with Gasteiger partial charge >= 0.3 is 0 Å². The Morgan fingerprint density at radius 2 is 2.00 bits per heavy atom. The number of benzene rings is 1. The van der Waals surface area contributed by atoms with Crippen LogP contribution in [0.25, 0.3) is 0 Å². The van der Waals surface area contributed by atoms with Crippen molar-refractivity contribution < 1.29 is 14.3 Å². The number of amides is 2. The van der Waals surface area contributed by atoms with E-state index in [-0.39, 0.29) is 36.0 Å². The van der Waals surface area contributed by atoms with Crippen molar-refractivity contribution in [2.24, 2.45) is 11.8 Å². The summed E-state index contributed by atoms with van der Waals surface area (Å²) in [4.78, 5) is 25.0. The third-order valence-corrected chi connectivity index (χ3v) is 7.63. The van der Waals surface area contributed by atoms with Gasteiger partial charge in [-0.25, -0.2) is 0 Å². The zero-order valence-corrected chi connectivity index (χ0v) is 18.7. The maximum atomic E-state index is 12.7. The molecule has 4 fully saturated rings. The quantitative estimate of drug-likeness (QED) is 0.591. The molecule has 2 bridgehead atoms. The molecule has 30 heavy (non-hydrogen) atoms. The molecule has 1 heterocycles. The number of piperidine rings is 1. The molecule has 0 aromatic heterocycles. The minimum Gasteiger partial charge on any atom is -0.484 e. The van der Waals surface area contributed by atoms with Gasteiger partial charge in [0, 0.05) is 17.6 Å². The van der Waals surface area contributed by atoms with Crippen molar-refractivity contribution in [3.8, 4) is 5.75 Å². The Hall–Kier alpha value is -1.50. The Balaban J connectivity index is 1.22. The molecule has 0 spiro atoms. The van der Waals surface area contributed by atoms with Gasteiger partial charge in [0.25, 0.3) is 5.91 Å². The van der Waals surface area contributed by atoms with Gasteiger partial charge < -0.3 is 20.7 Å². The van der Waals surface area contributed by atoms with Crippen molar-refractivity contribution in [3.05, 3.63) is 28.2 Å². The van der Waals surface area contributed by atoms with Gasteiger partial charge in [0.1, 0.15) is 5.75 Å². The largest absolute Gasteiger partial charge is 0.484 e. The highest BCUT2D eigenvalue weighted by molar-refractivity contribution is 6.42. The van der Waals surface area contributed by atoms with Gasteiger partial charge in [-0.3, -0.25) is 9.59 Å². The van der Waals surface area contributed by atoms with Crippen LogP contribution in [0.4, 0.5) is 0 Å². The third kappa shape index (κ3) is 4.71. The number of nitrogens with one attached hydrogen (secondary N) is 3. The third-order valence-electron chi connectivity index (χ3n) is 6.89. The van der Waals surface area contributed by atoms with Crippen LogP contribution in [0.2, 0.25) is 10.0 Å². The second-order valence-electron chi connectivity index (χ2n) is 8.99. The Morgan fingerprint density at radius 3 is 2.67 bits per heavy atom. The van der Waals surface area contributed by atoms with E-state index in [9.17, 15) is 9.59 Å². The number of hydrogen-bond donors (Lipinski definition) is 3. The normalized spacial score (nSPS) is 32.2. The van der Waals surface area contributed by atoms with E-state index in [4.69, 9.17) is 27.9 Å². The molecule has 3 saturated carbocycles. The molecule has 2 amide bonds. The van der Waals surface area contributed by atoms with Gasteiger partial charge in [0.15, 0.2) is 6.61 Å². The molecule has 1 saturated heterocycles. The molecule has 3 unspecified atom stereocenters. The van der Waals surface area contributed by atoms with Crippen LogP contribution < -0.4 is 20.7 Å². The molecule has 1 aromatic carbocycles. The summed E-state index contributed by atoms with van der Waals surface area (Å²) in [6.07, 6.45) is 5.81. The van der Waals surface area contributed by atoms with Gasteiger partial charge in [-0.2, -0.15) is 0 Å². The summed E-state index contributed by atoms with van der Waals surface area (Å²) in [5.74, 6) is 1.54. The molecule has 164 valence electrons. The smallest absolute Gasteiger partial charge is 0.258 e. The van der Waals surface area contributed by atoms with Crippen LogP contribution in [-0.2, 0) is 9.59 Å². The molecule has 1 aromatic rings. The Morgan fingerprint density at radius 1 is 1.20 bits per heavy atom. The van der Waals surface area contributed by atoms with E-state index in [1.165, 1.54) is 0 Å². The van der Waals surface area contributed by atoms with Crippen molar-refractivity contribution in [1.82, 2.24) is 16.0 Å². The minimum absolute atomic E-state index is 0.0782. The summed E-state index contributed by atoms with van der Waals surface area (Å²) >= 11 is 11.9. The Kier molecular flexibility index (Phi) is 6.47. The number of carbonyl (C=O) groups excluding carboxylic acids is 2. The highest BCUT2D eigenvalue weighted by Gasteiger charge is 2.57. The van der Waals surface area contributed by atoms with Crippen molar-refractivity contribution in [2.45, 2.75) is 63.1 Å². The molecule has 4 aliphatic rings. The molecule has 3 N–H and O–H groups in total. The number of carbonyl (C=O) groups is 2. The molecule has 1 aliphatic heterocycles. The van der Waals surface area contributed by atoms with Crippen molar-refractivity contribution in [3.63, 3.8) is 0 Å². The fourth-order valence-electron chi connectivity index (χ4n) is 5.10. The van der Waals surface area contributed by atoms with Gasteiger partial charge in [-0.05, 0) is 62.6 Å². The first-order chi connectivity index (χ1) is 14.4. The van der Waals surface area contributed by atoms with E-state index in [1.54, 1.807) is 18.2 Å². The fraction of sp³-hybridized carbons (Fsp3) is 0.636. The van der Waals surface area contributed by atoms with Gasteiger partial charge in [-0.1, -0.05) is 36.5 Å². The Labute approximate surface area is 187 Å². The number of rotatable bonds is 7. The van der Waals surface area contributed by atoms with E-state index in [0.717, 1.165) is 45.1 Å². The van der Waals surface area contributed by atoms with Crippen LogP contribution >= 0.6 is 23.2 Å². The number of hydrogen-bond acceptors (Lipinski definition) is 4. The standard InChI is InChI=1S/C22H29Cl2N3O3/c1-2-13-3-6-18(25-11-13)21(29)27-22-8-14(9-22)19(10-22)26-20(28)12-30-15-4-5-16(23)17(24)7-15/h4-5,7,13-14,18-19,25H,2-3,6,8-12H2,1H3,(H,26,28)(H,27,29). The van der Waals surface area contributed by atoms with Crippen LogP contribution in [0.15, 0.2) is 18.2 Å². The van der Waals surface area contributed by atoms with E-state index in [0.29, 0.717) is 27.6 Å². The molecular formula is C22H29Cl2N3O3. The molecule has 3 aliphatic carbocycles. The zero-order chi connectivity index (χ0) is 21.3. The second-order valence-corrected chi connectivity index (χ2v) is 9.81. The summed E-state index contributed by atoms with van der Waals surface area (Å²) in [5.41, 5.74) is -0.159. The summed E-state index contributed by atoms with van der Waals surface area (Å²) < 4.78 is 5.52. The average Bonchev–Trinajstić information content (AvgIpc) is 3.22. The first-order valence-corrected chi connectivity index (χ1v) is 11.6. The lowest BCUT2D eigenvalue weighted by Gasteiger charge is -2.40. The number of ether oxygens (including phenoxy) is 1. The molecular weight excluding hydrogens is 425 g/mol. The molecule has 0 radical (unpaired) electrons. The molecule has 5 rings (SSSR count). The maximum Gasteiger partial charge on any atom is 0.258 e. The van der Waals surface area contributed by atoms with Crippen molar-refractivity contribution in [1.29, 1.82) is 0 Å². The van der Waals surface area contributed by atoms with Crippen LogP contribution in [0.3, 0.4) is 0 Å². The predicted octanol–water partition coefficient (Wildman–Crippen LogP) is 3.30. The van der Waals surface area contributed by atoms with Crippen molar-refractivity contribution in [2.75, 3.05) is 13.2 Å². The summed E-state index contributed by atoms with van der Waals surface area (Å²) in [5, 5.41) is 10.6.